The number of aromatic nitrogens is 1. The molecule has 1 amide bonds. The smallest absolute Gasteiger partial charge is 0.217 e. The molecular formula is C28H27F4N3O2. The lowest BCUT2D eigenvalue weighted by atomic mass is 9.83. The second kappa shape index (κ2) is 9.87. The average molecular weight is 514 g/mol. The third kappa shape index (κ3) is 4.62. The molecule has 1 unspecified atom stereocenters. The van der Waals surface area contributed by atoms with E-state index in [1.165, 1.54) is 19.2 Å². The van der Waals surface area contributed by atoms with Crippen molar-refractivity contribution in [2.24, 2.45) is 0 Å². The molecule has 2 aliphatic heterocycles. The fourth-order valence-electron chi connectivity index (χ4n) is 5.49. The van der Waals surface area contributed by atoms with Crippen LogP contribution in [0, 0.1) is 17.5 Å². The van der Waals surface area contributed by atoms with Gasteiger partial charge >= 0.3 is 0 Å². The topological polar surface area (TPSA) is 54.5 Å². The number of nitrogens with zero attached hydrogens (tertiary/aromatic N) is 2. The number of nitrogens with one attached hydrogen (secondary N) is 1. The Morgan fingerprint density at radius 2 is 1.73 bits per heavy atom. The third-order valence-electron chi connectivity index (χ3n) is 7.51. The molecule has 1 fully saturated rings. The summed E-state index contributed by atoms with van der Waals surface area (Å²) in [6, 6.07) is 10.2. The number of likely N-dealkylation sites (tertiary alicyclic amines) is 1. The number of ether oxygens (including phenoxy) is 1. The highest BCUT2D eigenvalue weighted by atomic mass is 19.2. The maximum atomic E-state index is 14.5. The minimum absolute atomic E-state index is 0.112. The van der Waals surface area contributed by atoms with Crippen LogP contribution in [0.25, 0.3) is 0 Å². The Bertz CT molecular complexity index is 1310. The van der Waals surface area contributed by atoms with Crippen LogP contribution in [0.1, 0.15) is 47.6 Å². The molecule has 9 heteroatoms. The van der Waals surface area contributed by atoms with Gasteiger partial charge in [-0.1, -0.05) is 30.3 Å². The van der Waals surface area contributed by atoms with E-state index in [0.717, 1.165) is 36.3 Å². The highest BCUT2D eigenvalue weighted by Crippen LogP contribution is 2.44. The van der Waals surface area contributed by atoms with Gasteiger partial charge in [0.1, 0.15) is 18.0 Å². The lowest BCUT2D eigenvalue weighted by molar-refractivity contribution is -0.120. The average Bonchev–Trinajstić information content (AvgIpc) is 3.25. The minimum atomic E-state index is -1.65. The van der Waals surface area contributed by atoms with E-state index < -0.39 is 35.4 Å². The number of hydrogen-bond acceptors (Lipinski definition) is 4. The first-order valence-electron chi connectivity index (χ1n) is 12.2. The van der Waals surface area contributed by atoms with Gasteiger partial charge in [0.2, 0.25) is 5.91 Å². The number of benzene rings is 2. The number of fused-ring (bicyclic) bond motifs is 2. The van der Waals surface area contributed by atoms with Gasteiger partial charge in [0, 0.05) is 43.9 Å². The van der Waals surface area contributed by atoms with E-state index in [9.17, 15) is 22.4 Å². The molecule has 0 saturated carbocycles. The maximum Gasteiger partial charge on any atom is 0.217 e. The first-order valence-corrected chi connectivity index (χ1v) is 12.2. The Balaban J connectivity index is 1.32. The number of alkyl halides is 1. The molecule has 2 aromatic carbocycles. The Morgan fingerprint density at radius 3 is 2.38 bits per heavy atom. The summed E-state index contributed by atoms with van der Waals surface area (Å²) in [7, 11) is 0. The van der Waals surface area contributed by atoms with Crippen molar-refractivity contribution in [3.8, 4) is 0 Å². The van der Waals surface area contributed by atoms with Gasteiger partial charge in [-0.15, -0.1) is 0 Å². The summed E-state index contributed by atoms with van der Waals surface area (Å²) in [6.45, 7) is 2.59. The zero-order valence-corrected chi connectivity index (χ0v) is 20.4. The van der Waals surface area contributed by atoms with Crippen LogP contribution >= 0.6 is 0 Å². The number of carbonyl (C=O) groups excluding carboxylic acids is 1. The molecule has 5 rings (SSSR count). The molecular weight excluding hydrogens is 486 g/mol. The lowest BCUT2D eigenvalue weighted by Gasteiger charge is -2.39. The first-order chi connectivity index (χ1) is 17.8. The normalized spacial score (nSPS) is 18.4. The monoisotopic (exact) mass is 513 g/mol. The molecule has 1 saturated heterocycles. The summed E-state index contributed by atoms with van der Waals surface area (Å²) in [4.78, 5) is 18.2. The third-order valence-corrected chi connectivity index (χ3v) is 7.51. The van der Waals surface area contributed by atoms with Crippen LogP contribution in [0.5, 0.6) is 0 Å². The number of piperidine rings is 1. The molecule has 1 aromatic heterocycles. The Morgan fingerprint density at radius 1 is 1.03 bits per heavy atom. The number of halogens is 4. The summed E-state index contributed by atoms with van der Waals surface area (Å²) >= 11 is 0. The van der Waals surface area contributed by atoms with E-state index in [1.807, 2.05) is 12.1 Å². The number of carbonyl (C=O) groups is 1. The van der Waals surface area contributed by atoms with E-state index in [4.69, 9.17) is 4.74 Å². The van der Waals surface area contributed by atoms with Gasteiger partial charge in [-0.3, -0.25) is 14.7 Å². The molecule has 5 nitrogen and oxygen atoms in total. The van der Waals surface area contributed by atoms with Gasteiger partial charge in [-0.2, -0.15) is 0 Å². The van der Waals surface area contributed by atoms with Crippen molar-refractivity contribution in [3.63, 3.8) is 0 Å². The molecule has 1 N–H and O–H groups in total. The zero-order valence-electron chi connectivity index (χ0n) is 20.4. The summed E-state index contributed by atoms with van der Waals surface area (Å²) in [6.07, 6.45) is 4.36. The fourth-order valence-corrected chi connectivity index (χ4v) is 5.49. The minimum Gasteiger partial charge on any atom is -0.365 e. The van der Waals surface area contributed by atoms with Gasteiger partial charge in [0.15, 0.2) is 11.6 Å². The standard InChI is InChI=1S/C28H27F4N3O2/c1-18(36)34-28(17-29,21-6-7-24(30)25(31)12-21)20-4-2-19(3-5-20)15-35-10-8-27(9-11-35)23-13-33-14-26(32)22(23)16-37-27/h2-7,12-14H,8-11,15-17H2,1H3,(H,34,36). The molecule has 3 heterocycles. The van der Waals surface area contributed by atoms with Crippen LogP contribution < -0.4 is 5.32 Å². The van der Waals surface area contributed by atoms with E-state index in [2.05, 4.69) is 15.2 Å². The Kier molecular flexibility index (Phi) is 6.76. The van der Waals surface area contributed by atoms with Crippen LogP contribution in [0.2, 0.25) is 0 Å². The number of hydrogen-bond donors (Lipinski definition) is 1. The molecule has 3 aromatic rings. The summed E-state index contributed by atoms with van der Waals surface area (Å²) in [5.74, 6) is -3.00. The predicted octanol–water partition coefficient (Wildman–Crippen LogP) is 4.87. The van der Waals surface area contributed by atoms with Crippen molar-refractivity contribution >= 4 is 5.91 Å². The van der Waals surface area contributed by atoms with Crippen molar-refractivity contribution in [2.75, 3.05) is 19.8 Å². The Hall–Kier alpha value is -3.30. The van der Waals surface area contributed by atoms with Gasteiger partial charge in [0.25, 0.3) is 0 Å². The van der Waals surface area contributed by atoms with Crippen LogP contribution in [0.4, 0.5) is 17.6 Å². The molecule has 0 bridgehead atoms. The molecule has 1 atom stereocenters. The number of pyridine rings is 1. The van der Waals surface area contributed by atoms with Gasteiger partial charge in [-0.25, -0.2) is 17.6 Å². The van der Waals surface area contributed by atoms with Crippen LogP contribution in [-0.2, 0) is 33.8 Å². The number of rotatable bonds is 6. The van der Waals surface area contributed by atoms with Crippen molar-refractivity contribution in [2.45, 2.75) is 44.1 Å². The highest BCUT2D eigenvalue weighted by molar-refractivity contribution is 5.75. The summed E-state index contributed by atoms with van der Waals surface area (Å²) in [5.41, 5.74) is 0.788. The predicted molar refractivity (Wildman–Crippen MR) is 129 cm³/mol. The van der Waals surface area contributed by atoms with Crippen LogP contribution in [-0.4, -0.2) is 35.6 Å². The van der Waals surface area contributed by atoms with E-state index >= 15 is 0 Å². The second-order valence-electron chi connectivity index (χ2n) is 9.75. The van der Waals surface area contributed by atoms with Crippen LogP contribution in [0.15, 0.2) is 54.9 Å². The largest absolute Gasteiger partial charge is 0.365 e. The van der Waals surface area contributed by atoms with Gasteiger partial charge < -0.3 is 10.1 Å². The molecule has 0 radical (unpaired) electrons. The molecule has 1 spiro atoms. The lowest BCUT2D eigenvalue weighted by Crippen LogP contribution is -2.48. The van der Waals surface area contributed by atoms with Crippen molar-refractivity contribution in [1.29, 1.82) is 0 Å². The van der Waals surface area contributed by atoms with Crippen LogP contribution in [0.3, 0.4) is 0 Å². The first kappa shape index (κ1) is 25.4. The SMILES string of the molecule is CC(=O)NC(CF)(c1ccc(CN2CCC3(CC2)OCc2c(F)cncc23)cc1)c1ccc(F)c(F)c1. The summed E-state index contributed by atoms with van der Waals surface area (Å²) < 4.78 is 62.2. The van der Waals surface area contributed by atoms with Gasteiger partial charge in [-0.05, 0) is 41.7 Å². The van der Waals surface area contributed by atoms with Crippen molar-refractivity contribution in [3.05, 3.63) is 100 Å². The quantitative estimate of drug-likeness (QED) is 0.478. The summed E-state index contributed by atoms with van der Waals surface area (Å²) in [5, 5.41) is 2.60. The van der Waals surface area contributed by atoms with E-state index in [0.29, 0.717) is 30.5 Å². The molecule has 2 aliphatic rings. The van der Waals surface area contributed by atoms with Crippen molar-refractivity contribution in [1.82, 2.24) is 15.2 Å². The molecule has 37 heavy (non-hydrogen) atoms. The second-order valence-corrected chi connectivity index (χ2v) is 9.75. The molecule has 194 valence electrons. The van der Waals surface area contributed by atoms with Gasteiger partial charge in [0.05, 0.1) is 18.4 Å². The van der Waals surface area contributed by atoms with E-state index in [1.54, 1.807) is 18.3 Å². The Labute approximate surface area is 212 Å². The van der Waals surface area contributed by atoms with Crippen molar-refractivity contribution < 1.29 is 27.1 Å². The molecule has 0 aliphatic carbocycles. The fraction of sp³-hybridized carbons (Fsp3) is 0.357. The highest BCUT2D eigenvalue weighted by Gasteiger charge is 2.44. The zero-order chi connectivity index (χ0) is 26.2. The van der Waals surface area contributed by atoms with E-state index in [-0.39, 0.29) is 18.0 Å². The number of amides is 1. The maximum absolute atomic E-state index is 14.5.